The molecule has 0 saturated heterocycles. The zero-order chi connectivity index (χ0) is 28.4. The molecule has 39 heavy (non-hydrogen) atoms. The molecule has 2 atom stereocenters. The number of nitrogens with one attached hydrogen (secondary N) is 1. The molecule has 0 unspecified atom stereocenters. The van der Waals surface area contributed by atoms with E-state index in [0.717, 1.165) is 30.2 Å². The molecule has 4 rings (SSSR count). The molecule has 11 nitrogen and oxygen atoms in total. The molecule has 11 heteroatoms. The number of nitrogens with zero attached hydrogens (tertiary/aromatic N) is 1. The molecule has 0 amide bonds. The Hall–Kier alpha value is -3.44. The van der Waals surface area contributed by atoms with Crippen molar-refractivity contribution < 1.29 is 44.1 Å². The van der Waals surface area contributed by atoms with Crippen molar-refractivity contribution in [3.8, 4) is 5.75 Å². The van der Waals surface area contributed by atoms with Gasteiger partial charge in [0.15, 0.2) is 5.60 Å². The van der Waals surface area contributed by atoms with Gasteiger partial charge in [0.25, 0.3) is 0 Å². The summed E-state index contributed by atoms with van der Waals surface area (Å²) in [6.07, 6.45) is 7.98. The SMILES string of the molecule is Cc1cc(C[C@@H]2CCC[C@H]2NCc2ccc(OC3CCCC3)cc2)on1.O=C(O)CC(O)(CC(=O)O)C(=O)O. The van der Waals surface area contributed by atoms with Gasteiger partial charge in [0.05, 0.1) is 24.6 Å². The minimum absolute atomic E-state index is 0.429. The predicted molar refractivity (Wildman–Crippen MR) is 139 cm³/mol. The van der Waals surface area contributed by atoms with Crippen LogP contribution in [0.15, 0.2) is 34.9 Å². The quantitative estimate of drug-likeness (QED) is 0.263. The van der Waals surface area contributed by atoms with Gasteiger partial charge in [0.1, 0.15) is 11.5 Å². The van der Waals surface area contributed by atoms with Crippen LogP contribution in [-0.4, -0.2) is 61.2 Å². The second-order valence-electron chi connectivity index (χ2n) is 10.5. The maximum Gasteiger partial charge on any atom is 0.336 e. The van der Waals surface area contributed by atoms with Crippen molar-refractivity contribution in [2.75, 3.05) is 0 Å². The minimum Gasteiger partial charge on any atom is -0.490 e. The molecule has 2 saturated carbocycles. The topological polar surface area (TPSA) is 179 Å². The van der Waals surface area contributed by atoms with Gasteiger partial charge in [-0.2, -0.15) is 0 Å². The highest BCUT2D eigenvalue weighted by atomic mass is 16.5. The number of carbonyl (C=O) groups is 3. The number of hydrogen-bond donors (Lipinski definition) is 5. The zero-order valence-electron chi connectivity index (χ0n) is 22.2. The third kappa shape index (κ3) is 9.67. The fraction of sp³-hybridized carbons (Fsp3) is 0.571. The van der Waals surface area contributed by atoms with Crippen molar-refractivity contribution in [3.63, 3.8) is 0 Å². The molecule has 1 heterocycles. The van der Waals surface area contributed by atoms with E-state index in [9.17, 15) is 14.4 Å². The van der Waals surface area contributed by atoms with Crippen LogP contribution in [0.2, 0.25) is 0 Å². The molecule has 0 spiro atoms. The average Bonchev–Trinajstić information content (AvgIpc) is 3.62. The summed E-state index contributed by atoms with van der Waals surface area (Å²) < 4.78 is 11.5. The van der Waals surface area contributed by atoms with Gasteiger partial charge in [-0.3, -0.25) is 9.59 Å². The summed E-state index contributed by atoms with van der Waals surface area (Å²) in [5.41, 5.74) is -0.440. The largest absolute Gasteiger partial charge is 0.490 e. The summed E-state index contributed by atoms with van der Waals surface area (Å²) >= 11 is 0. The number of aliphatic carboxylic acids is 3. The molecular formula is C28H38N2O9. The lowest BCUT2D eigenvalue weighted by Gasteiger charge is -2.20. The monoisotopic (exact) mass is 546 g/mol. The lowest BCUT2D eigenvalue weighted by molar-refractivity contribution is -0.170. The van der Waals surface area contributed by atoms with Gasteiger partial charge in [0, 0.05) is 25.1 Å². The molecule has 5 N–H and O–H groups in total. The highest BCUT2D eigenvalue weighted by molar-refractivity contribution is 5.88. The summed E-state index contributed by atoms with van der Waals surface area (Å²) in [5.74, 6) is -2.34. The Labute approximate surface area is 227 Å². The first-order valence-corrected chi connectivity index (χ1v) is 13.3. The fourth-order valence-electron chi connectivity index (χ4n) is 5.17. The van der Waals surface area contributed by atoms with Gasteiger partial charge in [0.2, 0.25) is 0 Å². The second-order valence-corrected chi connectivity index (χ2v) is 10.5. The number of carboxylic acids is 3. The van der Waals surface area contributed by atoms with E-state index in [1.807, 2.05) is 6.92 Å². The van der Waals surface area contributed by atoms with Crippen LogP contribution in [0, 0.1) is 12.8 Å². The predicted octanol–water partition coefficient (Wildman–Crippen LogP) is 3.56. The van der Waals surface area contributed by atoms with Crippen molar-refractivity contribution >= 4 is 17.9 Å². The fourth-order valence-corrected chi connectivity index (χ4v) is 5.17. The molecular weight excluding hydrogens is 508 g/mol. The number of rotatable bonds is 12. The molecule has 1 aromatic carbocycles. The van der Waals surface area contributed by atoms with Crippen LogP contribution in [0.1, 0.15) is 74.8 Å². The highest BCUT2D eigenvalue weighted by Gasteiger charge is 2.40. The molecule has 2 fully saturated rings. The average molecular weight is 547 g/mol. The number of benzene rings is 1. The molecule has 2 aromatic rings. The number of carboxylic acid groups (broad SMARTS) is 3. The summed E-state index contributed by atoms with van der Waals surface area (Å²) in [7, 11) is 0. The summed E-state index contributed by atoms with van der Waals surface area (Å²) in [6.45, 7) is 2.90. The van der Waals surface area contributed by atoms with Crippen molar-refractivity contribution in [1.29, 1.82) is 0 Å². The van der Waals surface area contributed by atoms with E-state index in [2.05, 4.69) is 40.8 Å². The number of aryl methyl sites for hydroxylation is 1. The zero-order valence-corrected chi connectivity index (χ0v) is 22.2. The van der Waals surface area contributed by atoms with E-state index in [1.54, 1.807) is 0 Å². The van der Waals surface area contributed by atoms with Crippen LogP contribution in [-0.2, 0) is 27.3 Å². The Bertz CT molecular complexity index is 1080. The smallest absolute Gasteiger partial charge is 0.336 e. The molecule has 214 valence electrons. The van der Waals surface area contributed by atoms with Crippen LogP contribution in [0.4, 0.5) is 0 Å². The van der Waals surface area contributed by atoms with Gasteiger partial charge in [-0.1, -0.05) is 23.7 Å². The van der Waals surface area contributed by atoms with Gasteiger partial charge in [-0.05, 0) is 69.1 Å². The van der Waals surface area contributed by atoms with E-state index in [1.165, 1.54) is 50.5 Å². The Morgan fingerprint density at radius 3 is 2.18 bits per heavy atom. The Balaban J connectivity index is 0.000000276. The van der Waals surface area contributed by atoms with E-state index >= 15 is 0 Å². The van der Waals surface area contributed by atoms with Crippen LogP contribution >= 0.6 is 0 Å². The molecule has 0 bridgehead atoms. The Kier molecular flexibility index (Phi) is 10.9. The van der Waals surface area contributed by atoms with E-state index < -0.39 is 36.4 Å². The molecule has 0 radical (unpaired) electrons. The molecule has 2 aliphatic rings. The summed E-state index contributed by atoms with van der Waals surface area (Å²) in [4.78, 5) is 30.5. The van der Waals surface area contributed by atoms with Crippen molar-refractivity contribution in [1.82, 2.24) is 10.5 Å². The van der Waals surface area contributed by atoms with E-state index in [0.29, 0.717) is 18.1 Å². The van der Waals surface area contributed by atoms with Crippen LogP contribution in [0.25, 0.3) is 0 Å². The molecule has 2 aliphatic carbocycles. The highest BCUT2D eigenvalue weighted by Crippen LogP contribution is 2.30. The maximum atomic E-state index is 10.3. The first-order valence-electron chi connectivity index (χ1n) is 13.3. The van der Waals surface area contributed by atoms with Gasteiger partial charge in [-0.15, -0.1) is 0 Å². The molecule has 0 aliphatic heterocycles. The summed E-state index contributed by atoms with van der Waals surface area (Å²) in [5, 5.41) is 41.6. The third-order valence-corrected chi connectivity index (χ3v) is 7.18. The van der Waals surface area contributed by atoms with Gasteiger partial charge < -0.3 is 35.0 Å². The van der Waals surface area contributed by atoms with Crippen LogP contribution in [0.3, 0.4) is 0 Å². The normalized spacial score (nSPS) is 19.3. The Morgan fingerprint density at radius 1 is 1.00 bits per heavy atom. The van der Waals surface area contributed by atoms with Crippen molar-refractivity contribution in [3.05, 3.63) is 47.3 Å². The third-order valence-electron chi connectivity index (χ3n) is 7.18. The van der Waals surface area contributed by atoms with Crippen LogP contribution in [0.5, 0.6) is 5.75 Å². The molecule has 1 aromatic heterocycles. The van der Waals surface area contributed by atoms with Crippen LogP contribution < -0.4 is 10.1 Å². The second kappa shape index (κ2) is 14.1. The first-order chi connectivity index (χ1) is 18.5. The van der Waals surface area contributed by atoms with E-state index in [-0.39, 0.29) is 0 Å². The number of ether oxygens (including phenoxy) is 1. The van der Waals surface area contributed by atoms with Gasteiger partial charge >= 0.3 is 17.9 Å². The van der Waals surface area contributed by atoms with Crippen molar-refractivity contribution in [2.24, 2.45) is 5.92 Å². The first kappa shape index (κ1) is 30.1. The number of aliphatic hydroxyl groups is 1. The maximum absolute atomic E-state index is 10.3. The van der Waals surface area contributed by atoms with Crippen molar-refractivity contribution in [2.45, 2.75) is 95.4 Å². The standard InChI is InChI=1S/C22H30N2O2.C6H8O7/c1-16-13-21(26-24-16)14-18-5-4-8-22(18)23-15-17-9-11-20(12-10-17)25-19-6-2-3-7-19;7-3(8)1-6(13,5(11)12)2-4(9)10/h9-13,18-19,22-23H,2-8,14-15H2,1H3;13H,1-2H2,(H,7,8)(H,9,10)(H,11,12)/t18-,22+;/m0./s1. The van der Waals surface area contributed by atoms with Gasteiger partial charge in [-0.25, -0.2) is 4.79 Å². The lowest BCUT2D eigenvalue weighted by Crippen LogP contribution is -2.42. The Morgan fingerprint density at radius 2 is 1.64 bits per heavy atom. The summed E-state index contributed by atoms with van der Waals surface area (Å²) in [6, 6.07) is 11.3. The lowest BCUT2D eigenvalue weighted by atomic mass is 9.96. The van der Waals surface area contributed by atoms with E-state index in [4.69, 9.17) is 29.7 Å². The number of aromatic nitrogens is 1. The minimum atomic E-state index is -2.74. The number of hydrogen-bond acceptors (Lipinski definition) is 8.